The molecule has 1 heterocycles. The molecule has 19 heavy (non-hydrogen) atoms. The van der Waals surface area contributed by atoms with Crippen LogP contribution in [0, 0.1) is 0 Å². The maximum Gasteiger partial charge on any atom is 0.0424 e. The first-order valence-electron chi connectivity index (χ1n) is 7.05. The summed E-state index contributed by atoms with van der Waals surface area (Å²) >= 11 is 0. The van der Waals surface area contributed by atoms with Gasteiger partial charge < -0.3 is 10.6 Å². The lowest BCUT2D eigenvalue weighted by molar-refractivity contribution is 1.09. The molecule has 0 radical (unpaired) electrons. The van der Waals surface area contributed by atoms with Crippen molar-refractivity contribution >= 4 is 11.4 Å². The van der Waals surface area contributed by atoms with Crippen LogP contribution in [0.5, 0.6) is 0 Å². The average Bonchev–Trinajstić information content (AvgIpc) is 2.94. The molecule has 0 spiro atoms. The largest absolute Gasteiger partial charge is 0.384 e. The van der Waals surface area contributed by atoms with Gasteiger partial charge in [-0.15, -0.1) is 0 Å². The molecule has 0 aliphatic carbocycles. The third-order valence-corrected chi connectivity index (χ3v) is 3.80. The van der Waals surface area contributed by atoms with E-state index in [1.54, 1.807) is 0 Å². The summed E-state index contributed by atoms with van der Waals surface area (Å²) in [6.07, 6.45) is 2.21. The van der Waals surface area contributed by atoms with Gasteiger partial charge in [0.15, 0.2) is 0 Å². The molecule has 2 nitrogen and oxygen atoms in total. The Kier molecular flexibility index (Phi) is 3.41. The van der Waals surface area contributed by atoms with Gasteiger partial charge in [0.05, 0.1) is 0 Å². The number of nitrogens with one attached hydrogen (secondary N) is 2. The van der Waals surface area contributed by atoms with E-state index in [2.05, 4.69) is 60.0 Å². The zero-order valence-electron chi connectivity index (χ0n) is 11.4. The fourth-order valence-corrected chi connectivity index (χ4v) is 2.75. The highest BCUT2D eigenvalue weighted by Crippen LogP contribution is 2.27. The Bertz CT molecular complexity index is 575. The molecular formula is C17H20N2. The quantitative estimate of drug-likeness (QED) is 0.864. The number of anilines is 2. The fourth-order valence-electron chi connectivity index (χ4n) is 2.75. The first kappa shape index (κ1) is 12.1. The van der Waals surface area contributed by atoms with Crippen molar-refractivity contribution in [3.8, 4) is 0 Å². The van der Waals surface area contributed by atoms with Gasteiger partial charge >= 0.3 is 0 Å². The van der Waals surface area contributed by atoms with Crippen LogP contribution < -0.4 is 10.6 Å². The molecule has 2 heteroatoms. The first-order chi connectivity index (χ1) is 9.38. The number of aryl methyl sites for hydroxylation is 1. The standard InChI is InChI=1S/C17H20N2/c1-2-13-6-3-4-9-16(13)19-12-15-8-5-7-14-10-11-18-17(14)15/h3-9,18-19H,2,10-12H2,1H3. The number of fused-ring (bicyclic) bond motifs is 1. The topological polar surface area (TPSA) is 24.1 Å². The lowest BCUT2D eigenvalue weighted by Gasteiger charge is -2.13. The Morgan fingerprint density at radius 2 is 1.89 bits per heavy atom. The van der Waals surface area contributed by atoms with E-state index in [0.29, 0.717) is 0 Å². The molecule has 0 fully saturated rings. The zero-order valence-corrected chi connectivity index (χ0v) is 11.4. The number of rotatable bonds is 4. The smallest absolute Gasteiger partial charge is 0.0424 e. The Morgan fingerprint density at radius 1 is 1.05 bits per heavy atom. The molecule has 0 saturated heterocycles. The van der Waals surface area contributed by atoms with Gasteiger partial charge in [0.1, 0.15) is 0 Å². The van der Waals surface area contributed by atoms with Crippen molar-refractivity contribution in [2.24, 2.45) is 0 Å². The van der Waals surface area contributed by atoms with Crippen LogP contribution in [0.4, 0.5) is 11.4 Å². The monoisotopic (exact) mass is 252 g/mol. The van der Waals surface area contributed by atoms with Crippen molar-refractivity contribution in [1.82, 2.24) is 0 Å². The third-order valence-electron chi connectivity index (χ3n) is 3.80. The minimum absolute atomic E-state index is 0.882. The molecule has 0 atom stereocenters. The predicted molar refractivity (Wildman–Crippen MR) is 81.8 cm³/mol. The van der Waals surface area contributed by atoms with Crippen molar-refractivity contribution < 1.29 is 0 Å². The molecule has 98 valence electrons. The van der Waals surface area contributed by atoms with E-state index in [9.17, 15) is 0 Å². The van der Waals surface area contributed by atoms with Gasteiger partial charge in [0, 0.05) is 24.5 Å². The van der Waals surface area contributed by atoms with E-state index in [-0.39, 0.29) is 0 Å². The van der Waals surface area contributed by atoms with Crippen molar-refractivity contribution in [3.63, 3.8) is 0 Å². The lowest BCUT2D eigenvalue weighted by Crippen LogP contribution is -2.04. The second-order valence-electron chi connectivity index (χ2n) is 4.99. The highest BCUT2D eigenvalue weighted by molar-refractivity contribution is 5.62. The van der Waals surface area contributed by atoms with Crippen molar-refractivity contribution in [3.05, 3.63) is 59.2 Å². The summed E-state index contributed by atoms with van der Waals surface area (Å²) in [5.74, 6) is 0. The van der Waals surface area contributed by atoms with E-state index in [0.717, 1.165) is 25.9 Å². The summed E-state index contributed by atoms with van der Waals surface area (Å²) in [7, 11) is 0. The maximum atomic E-state index is 3.57. The van der Waals surface area contributed by atoms with Crippen LogP contribution in [0.15, 0.2) is 42.5 Å². The normalized spacial score (nSPS) is 12.9. The van der Waals surface area contributed by atoms with Gasteiger partial charge in [-0.1, -0.05) is 43.3 Å². The molecule has 0 amide bonds. The number of hydrogen-bond acceptors (Lipinski definition) is 2. The van der Waals surface area contributed by atoms with Crippen LogP contribution >= 0.6 is 0 Å². The Balaban J connectivity index is 1.78. The number of benzene rings is 2. The van der Waals surface area contributed by atoms with Crippen molar-refractivity contribution in [2.75, 3.05) is 17.2 Å². The second-order valence-corrected chi connectivity index (χ2v) is 4.99. The molecule has 2 aromatic carbocycles. The van der Waals surface area contributed by atoms with Crippen molar-refractivity contribution in [2.45, 2.75) is 26.3 Å². The zero-order chi connectivity index (χ0) is 13.1. The maximum absolute atomic E-state index is 3.57. The molecule has 0 unspecified atom stereocenters. The summed E-state index contributed by atoms with van der Waals surface area (Å²) < 4.78 is 0. The lowest BCUT2D eigenvalue weighted by atomic mass is 10.1. The minimum atomic E-state index is 0.882. The second kappa shape index (κ2) is 5.35. The summed E-state index contributed by atoms with van der Waals surface area (Å²) in [5.41, 5.74) is 6.77. The van der Waals surface area contributed by atoms with Gasteiger partial charge in [-0.25, -0.2) is 0 Å². The molecule has 2 N–H and O–H groups in total. The summed E-state index contributed by atoms with van der Waals surface area (Å²) in [4.78, 5) is 0. The molecule has 1 aliphatic rings. The number of hydrogen-bond donors (Lipinski definition) is 2. The molecule has 1 aliphatic heterocycles. The van der Waals surface area contributed by atoms with E-state index in [1.165, 1.54) is 28.1 Å². The summed E-state index contributed by atoms with van der Waals surface area (Å²) in [6.45, 7) is 4.15. The number of para-hydroxylation sites is 2. The van der Waals surface area contributed by atoms with E-state index in [1.807, 2.05) is 0 Å². The highest BCUT2D eigenvalue weighted by atomic mass is 14.9. The van der Waals surface area contributed by atoms with Gasteiger partial charge in [-0.2, -0.15) is 0 Å². The van der Waals surface area contributed by atoms with E-state index < -0.39 is 0 Å². The molecule has 0 aromatic heterocycles. The first-order valence-corrected chi connectivity index (χ1v) is 7.05. The van der Waals surface area contributed by atoms with Gasteiger partial charge in [-0.3, -0.25) is 0 Å². The van der Waals surface area contributed by atoms with E-state index >= 15 is 0 Å². The van der Waals surface area contributed by atoms with Crippen LogP contribution in [-0.4, -0.2) is 6.54 Å². The summed E-state index contributed by atoms with van der Waals surface area (Å²) in [6, 6.07) is 15.1. The summed E-state index contributed by atoms with van der Waals surface area (Å²) in [5, 5.41) is 7.06. The van der Waals surface area contributed by atoms with Gasteiger partial charge in [0.25, 0.3) is 0 Å². The van der Waals surface area contributed by atoms with Crippen LogP contribution in [0.2, 0.25) is 0 Å². The van der Waals surface area contributed by atoms with Crippen LogP contribution in [0.25, 0.3) is 0 Å². The van der Waals surface area contributed by atoms with Crippen LogP contribution in [-0.2, 0) is 19.4 Å². The molecule has 0 bridgehead atoms. The molecular weight excluding hydrogens is 232 g/mol. The van der Waals surface area contributed by atoms with Gasteiger partial charge in [-0.05, 0) is 35.6 Å². The molecule has 3 rings (SSSR count). The van der Waals surface area contributed by atoms with E-state index in [4.69, 9.17) is 0 Å². The fraction of sp³-hybridized carbons (Fsp3) is 0.294. The Morgan fingerprint density at radius 3 is 2.79 bits per heavy atom. The highest BCUT2D eigenvalue weighted by Gasteiger charge is 2.13. The van der Waals surface area contributed by atoms with Crippen LogP contribution in [0.3, 0.4) is 0 Å². The third kappa shape index (κ3) is 2.43. The predicted octanol–water partition coefficient (Wildman–Crippen LogP) is 3.83. The van der Waals surface area contributed by atoms with Gasteiger partial charge in [0.2, 0.25) is 0 Å². The Hall–Kier alpha value is -1.96. The molecule has 0 saturated carbocycles. The van der Waals surface area contributed by atoms with Crippen molar-refractivity contribution in [1.29, 1.82) is 0 Å². The molecule has 2 aromatic rings. The van der Waals surface area contributed by atoms with Crippen LogP contribution in [0.1, 0.15) is 23.6 Å². The SMILES string of the molecule is CCc1ccccc1NCc1cccc2c1NCC2. The Labute approximate surface area is 114 Å². The minimum Gasteiger partial charge on any atom is -0.384 e. The average molecular weight is 252 g/mol.